The molecular weight excluding hydrogens is 318 g/mol. The van der Waals surface area contributed by atoms with Crippen LogP contribution in [0, 0.1) is 0 Å². The Morgan fingerprint density at radius 3 is 2.68 bits per heavy atom. The molecule has 0 saturated carbocycles. The van der Waals surface area contributed by atoms with Crippen LogP contribution < -0.4 is 10.6 Å². The second-order valence-electron chi connectivity index (χ2n) is 6.55. The number of guanidine groups is 1. The van der Waals surface area contributed by atoms with E-state index in [0.29, 0.717) is 13.1 Å². The van der Waals surface area contributed by atoms with Crippen LogP contribution in [0.25, 0.3) is 0 Å². The molecule has 7 heteroatoms. The molecule has 2 rings (SSSR count). The second-order valence-corrected chi connectivity index (χ2v) is 6.55. The van der Waals surface area contributed by atoms with Crippen molar-refractivity contribution in [1.82, 2.24) is 20.4 Å². The van der Waals surface area contributed by atoms with Crippen molar-refractivity contribution in [3.63, 3.8) is 0 Å². The molecule has 0 aromatic carbocycles. The molecule has 0 atom stereocenters. The number of nitrogens with zero attached hydrogens (tertiary/aromatic N) is 3. The van der Waals surface area contributed by atoms with Crippen LogP contribution in [-0.2, 0) is 11.2 Å². The van der Waals surface area contributed by atoms with Crippen molar-refractivity contribution in [3.05, 3.63) is 24.2 Å². The number of carbonyl (C=O) groups excluding carboxylic acids is 1. The van der Waals surface area contributed by atoms with Gasteiger partial charge in [-0.25, -0.2) is 0 Å². The Morgan fingerprint density at radius 2 is 2.08 bits per heavy atom. The monoisotopic (exact) mass is 349 g/mol. The summed E-state index contributed by atoms with van der Waals surface area (Å²) < 4.78 is 5.35. The first-order chi connectivity index (χ1) is 12.1. The van der Waals surface area contributed by atoms with Gasteiger partial charge in [-0.2, -0.15) is 0 Å². The van der Waals surface area contributed by atoms with E-state index in [9.17, 15) is 4.79 Å². The van der Waals surface area contributed by atoms with Crippen LogP contribution in [0.4, 0.5) is 0 Å². The molecule has 0 unspecified atom stereocenters. The summed E-state index contributed by atoms with van der Waals surface area (Å²) >= 11 is 0. The predicted octanol–water partition coefficient (Wildman–Crippen LogP) is 0.930. The minimum absolute atomic E-state index is 0.0995. The molecule has 1 aromatic heterocycles. The molecule has 0 spiro atoms. The van der Waals surface area contributed by atoms with Gasteiger partial charge in [-0.1, -0.05) is 0 Å². The number of amides is 1. The maximum absolute atomic E-state index is 11.9. The first-order valence-corrected chi connectivity index (χ1v) is 9.16. The van der Waals surface area contributed by atoms with Crippen LogP contribution in [0.3, 0.4) is 0 Å². The molecule has 1 aliphatic rings. The summed E-state index contributed by atoms with van der Waals surface area (Å²) in [6.07, 6.45) is 2.50. The first-order valence-electron chi connectivity index (χ1n) is 9.16. The third kappa shape index (κ3) is 6.78. The molecule has 1 amide bonds. The highest BCUT2D eigenvalue weighted by atomic mass is 16.3. The van der Waals surface area contributed by atoms with E-state index in [1.165, 1.54) is 0 Å². The number of nitrogens with one attached hydrogen (secondary N) is 2. The van der Waals surface area contributed by atoms with Gasteiger partial charge in [0.05, 0.1) is 12.8 Å². The van der Waals surface area contributed by atoms with Crippen LogP contribution in [0.1, 0.15) is 26.5 Å². The Bertz CT molecular complexity index is 534. The molecule has 1 aromatic rings. The van der Waals surface area contributed by atoms with E-state index in [4.69, 9.17) is 9.41 Å². The first kappa shape index (κ1) is 19.3. The summed E-state index contributed by atoms with van der Waals surface area (Å²) in [4.78, 5) is 21.1. The zero-order valence-electron chi connectivity index (χ0n) is 15.6. The number of furan rings is 1. The summed E-state index contributed by atoms with van der Waals surface area (Å²) in [5.74, 6) is 2.00. The van der Waals surface area contributed by atoms with Crippen LogP contribution >= 0.6 is 0 Å². The lowest BCUT2D eigenvalue weighted by Gasteiger charge is -2.36. The maximum Gasteiger partial charge on any atom is 0.234 e. The number of carbonyl (C=O) groups is 1. The van der Waals surface area contributed by atoms with Crippen LogP contribution in [-0.4, -0.2) is 73.5 Å². The van der Waals surface area contributed by atoms with Gasteiger partial charge in [0.1, 0.15) is 5.76 Å². The molecule has 1 saturated heterocycles. The largest absolute Gasteiger partial charge is 0.469 e. The molecule has 25 heavy (non-hydrogen) atoms. The van der Waals surface area contributed by atoms with Crippen LogP contribution in [0.15, 0.2) is 27.8 Å². The molecule has 0 radical (unpaired) electrons. The molecule has 1 fully saturated rings. The van der Waals surface area contributed by atoms with E-state index >= 15 is 0 Å². The summed E-state index contributed by atoms with van der Waals surface area (Å²) in [6.45, 7) is 11.6. The number of piperazine rings is 1. The maximum atomic E-state index is 11.9. The summed E-state index contributed by atoms with van der Waals surface area (Å²) in [7, 11) is 0. The van der Waals surface area contributed by atoms with Gasteiger partial charge in [-0.05, 0) is 32.9 Å². The third-order valence-electron chi connectivity index (χ3n) is 4.02. The fourth-order valence-corrected chi connectivity index (χ4v) is 2.84. The average Bonchev–Trinajstić information content (AvgIpc) is 3.07. The Labute approximate surface area is 150 Å². The van der Waals surface area contributed by atoms with Crippen molar-refractivity contribution in [2.24, 2.45) is 4.99 Å². The molecule has 2 heterocycles. The SMILES string of the molecule is CCNC(=NCCc1ccco1)N1CCN(CC(=O)NC(C)C)CC1. The fourth-order valence-electron chi connectivity index (χ4n) is 2.84. The minimum Gasteiger partial charge on any atom is -0.469 e. The highest BCUT2D eigenvalue weighted by molar-refractivity contribution is 5.80. The van der Waals surface area contributed by atoms with Gasteiger partial charge in [0.25, 0.3) is 0 Å². The van der Waals surface area contributed by atoms with Gasteiger partial charge in [0.2, 0.25) is 5.91 Å². The van der Waals surface area contributed by atoms with Crippen molar-refractivity contribution in [2.45, 2.75) is 33.2 Å². The van der Waals surface area contributed by atoms with Gasteiger partial charge >= 0.3 is 0 Å². The van der Waals surface area contributed by atoms with E-state index in [1.807, 2.05) is 26.0 Å². The zero-order valence-corrected chi connectivity index (χ0v) is 15.6. The molecular formula is C18H31N5O2. The average molecular weight is 349 g/mol. The van der Waals surface area contributed by atoms with E-state index in [1.54, 1.807) is 6.26 Å². The second kappa shape index (κ2) is 10.1. The highest BCUT2D eigenvalue weighted by Gasteiger charge is 2.21. The lowest BCUT2D eigenvalue weighted by molar-refractivity contribution is -0.123. The predicted molar refractivity (Wildman–Crippen MR) is 99.7 cm³/mol. The van der Waals surface area contributed by atoms with Crippen molar-refractivity contribution in [3.8, 4) is 0 Å². The standard InChI is InChI=1S/C18H31N5O2/c1-4-19-18(20-8-7-16-6-5-13-25-16)23-11-9-22(10-12-23)14-17(24)21-15(2)3/h5-6,13,15H,4,7-12,14H2,1-3H3,(H,19,20)(H,21,24). The van der Waals surface area contributed by atoms with Gasteiger partial charge in [0, 0.05) is 51.7 Å². The van der Waals surface area contributed by atoms with Gasteiger partial charge < -0.3 is 20.0 Å². The summed E-state index contributed by atoms with van der Waals surface area (Å²) in [5.41, 5.74) is 0. The van der Waals surface area contributed by atoms with Crippen molar-refractivity contribution >= 4 is 11.9 Å². The normalized spacial score (nSPS) is 16.3. The van der Waals surface area contributed by atoms with Gasteiger partial charge in [-0.3, -0.25) is 14.7 Å². The summed E-state index contributed by atoms with van der Waals surface area (Å²) in [5, 5.41) is 6.31. The van der Waals surface area contributed by atoms with Gasteiger partial charge in [0.15, 0.2) is 5.96 Å². The Morgan fingerprint density at radius 1 is 1.32 bits per heavy atom. The quantitative estimate of drug-likeness (QED) is 0.566. The number of aliphatic imine (C=N–C) groups is 1. The molecule has 2 N–H and O–H groups in total. The Hall–Kier alpha value is -2.02. The molecule has 0 bridgehead atoms. The van der Waals surface area contributed by atoms with E-state index < -0.39 is 0 Å². The van der Waals surface area contributed by atoms with E-state index in [-0.39, 0.29) is 11.9 Å². The minimum atomic E-state index is 0.0995. The highest BCUT2D eigenvalue weighted by Crippen LogP contribution is 2.04. The fraction of sp³-hybridized carbons (Fsp3) is 0.667. The molecule has 7 nitrogen and oxygen atoms in total. The lowest BCUT2D eigenvalue weighted by atomic mass is 10.3. The summed E-state index contributed by atoms with van der Waals surface area (Å²) in [6, 6.07) is 4.07. The van der Waals surface area contributed by atoms with Crippen molar-refractivity contribution in [2.75, 3.05) is 45.8 Å². The Kier molecular flexibility index (Phi) is 7.78. The van der Waals surface area contributed by atoms with Crippen LogP contribution in [0.5, 0.6) is 0 Å². The van der Waals surface area contributed by atoms with Gasteiger partial charge in [-0.15, -0.1) is 0 Å². The van der Waals surface area contributed by atoms with Crippen molar-refractivity contribution in [1.29, 1.82) is 0 Å². The zero-order chi connectivity index (χ0) is 18.1. The Balaban J connectivity index is 1.79. The van der Waals surface area contributed by atoms with E-state index in [2.05, 4.69) is 27.4 Å². The molecule has 140 valence electrons. The van der Waals surface area contributed by atoms with Crippen molar-refractivity contribution < 1.29 is 9.21 Å². The topological polar surface area (TPSA) is 73.1 Å². The number of rotatable bonds is 7. The van der Waals surface area contributed by atoms with E-state index in [0.717, 1.165) is 50.9 Å². The molecule has 0 aliphatic carbocycles. The lowest BCUT2D eigenvalue weighted by Crippen LogP contribution is -2.54. The number of hydrogen-bond acceptors (Lipinski definition) is 4. The smallest absolute Gasteiger partial charge is 0.234 e. The van der Waals surface area contributed by atoms with Crippen LogP contribution in [0.2, 0.25) is 0 Å². The number of hydrogen-bond donors (Lipinski definition) is 2. The molecule has 1 aliphatic heterocycles. The third-order valence-corrected chi connectivity index (χ3v) is 4.02.